The van der Waals surface area contributed by atoms with Gasteiger partial charge in [-0.2, -0.15) is 0 Å². The van der Waals surface area contributed by atoms with Gasteiger partial charge in [0.1, 0.15) is 11.8 Å². The lowest BCUT2D eigenvalue weighted by Gasteiger charge is -2.32. The van der Waals surface area contributed by atoms with Crippen LogP contribution in [0.1, 0.15) is 43.0 Å². The molecule has 1 N–H and O–H groups in total. The molecule has 1 atom stereocenters. The van der Waals surface area contributed by atoms with Crippen LogP contribution in [0.5, 0.6) is 5.75 Å². The van der Waals surface area contributed by atoms with E-state index >= 15 is 0 Å². The third-order valence-electron chi connectivity index (χ3n) is 5.89. The topological polar surface area (TPSA) is 58.6 Å². The first-order chi connectivity index (χ1) is 17.3. The standard InChI is InChI=1S/C30H35BrN2O3/c1-5-23-14-15-28(26(31)17-23)36-20-29(34)33(19-25-13-9-10-22(4)16-25)27(30(35)32-21(2)3)18-24-11-7-6-8-12-24/h6-17,21,27H,5,18-20H2,1-4H3,(H,32,35)/t27-/m0/s1. The van der Waals surface area contributed by atoms with Gasteiger partial charge in [-0.25, -0.2) is 0 Å². The van der Waals surface area contributed by atoms with Crippen LogP contribution in [0.3, 0.4) is 0 Å². The Bertz CT molecular complexity index is 1160. The van der Waals surface area contributed by atoms with Gasteiger partial charge in [-0.3, -0.25) is 9.59 Å². The van der Waals surface area contributed by atoms with E-state index in [1.807, 2.05) is 93.6 Å². The van der Waals surface area contributed by atoms with Gasteiger partial charge in [-0.15, -0.1) is 0 Å². The van der Waals surface area contributed by atoms with Gasteiger partial charge in [-0.1, -0.05) is 73.2 Å². The third-order valence-corrected chi connectivity index (χ3v) is 6.51. The molecule has 3 aromatic rings. The normalized spacial score (nSPS) is 11.7. The lowest BCUT2D eigenvalue weighted by atomic mass is 10.0. The van der Waals surface area contributed by atoms with E-state index in [4.69, 9.17) is 4.74 Å². The van der Waals surface area contributed by atoms with E-state index < -0.39 is 6.04 Å². The first kappa shape index (κ1) is 27.5. The molecule has 5 nitrogen and oxygen atoms in total. The zero-order valence-electron chi connectivity index (χ0n) is 21.5. The molecule has 36 heavy (non-hydrogen) atoms. The van der Waals surface area contributed by atoms with Crippen molar-refractivity contribution in [3.63, 3.8) is 0 Å². The molecule has 190 valence electrons. The van der Waals surface area contributed by atoms with Crippen molar-refractivity contribution in [3.05, 3.63) is 99.5 Å². The van der Waals surface area contributed by atoms with Crippen LogP contribution in [0, 0.1) is 6.92 Å². The van der Waals surface area contributed by atoms with Crippen LogP contribution in [0.4, 0.5) is 0 Å². The van der Waals surface area contributed by atoms with Gasteiger partial charge in [0.15, 0.2) is 6.61 Å². The molecule has 0 saturated carbocycles. The molecule has 6 heteroatoms. The molecule has 0 radical (unpaired) electrons. The monoisotopic (exact) mass is 550 g/mol. The molecule has 0 saturated heterocycles. The summed E-state index contributed by atoms with van der Waals surface area (Å²) in [6, 6.07) is 22.9. The summed E-state index contributed by atoms with van der Waals surface area (Å²) in [6.45, 7) is 8.09. The Morgan fingerprint density at radius 1 is 0.944 bits per heavy atom. The molecule has 0 fully saturated rings. The van der Waals surface area contributed by atoms with Gasteiger partial charge in [0, 0.05) is 19.0 Å². The van der Waals surface area contributed by atoms with Crippen LogP contribution >= 0.6 is 15.9 Å². The van der Waals surface area contributed by atoms with Crippen molar-refractivity contribution in [3.8, 4) is 5.75 Å². The zero-order valence-corrected chi connectivity index (χ0v) is 23.0. The highest BCUT2D eigenvalue weighted by Gasteiger charge is 2.31. The van der Waals surface area contributed by atoms with Crippen molar-refractivity contribution in [2.24, 2.45) is 0 Å². The van der Waals surface area contributed by atoms with Gasteiger partial charge in [0.25, 0.3) is 5.91 Å². The van der Waals surface area contributed by atoms with E-state index in [2.05, 4.69) is 28.2 Å². The van der Waals surface area contributed by atoms with E-state index in [0.29, 0.717) is 18.7 Å². The van der Waals surface area contributed by atoms with Gasteiger partial charge in [0.2, 0.25) is 5.91 Å². The number of benzene rings is 3. The van der Waals surface area contributed by atoms with E-state index in [0.717, 1.165) is 27.6 Å². The summed E-state index contributed by atoms with van der Waals surface area (Å²) in [6.07, 6.45) is 1.32. The molecule has 0 unspecified atom stereocenters. The fourth-order valence-electron chi connectivity index (χ4n) is 4.05. The summed E-state index contributed by atoms with van der Waals surface area (Å²) >= 11 is 3.55. The molecule has 0 aliphatic heterocycles. The van der Waals surface area contributed by atoms with Gasteiger partial charge >= 0.3 is 0 Å². The average molecular weight is 552 g/mol. The quantitative estimate of drug-likeness (QED) is 0.325. The van der Waals surface area contributed by atoms with Crippen LogP contribution in [-0.4, -0.2) is 35.4 Å². The van der Waals surface area contributed by atoms with Crippen LogP contribution < -0.4 is 10.1 Å². The highest BCUT2D eigenvalue weighted by Crippen LogP contribution is 2.26. The van der Waals surface area contributed by atoms with Gasteiger partial charge in [0.05, 0.1) is 4.47 Å². The summed E-state index contributed by atoms with van der Waals surface area (Å²) < 4.78 is 6.74. The predicted octanol–water partition coefficient (Wildman–Crippen LogP) is 5.86. The molecule has 0 heterocycles. The Labute approximate surface area is 223 Å². The predicted molar refractivity (Wildman–Crippen MR) is 148 cm³/mol. The van der Waals surface area contributed by atoms with Gasteiger partial charge < -0.3 is 15.0 Å². The van der Waals surface area contributed by atoms with Gasteiger partial charge in [-0.05, 0) is 71.9 Å². The Morgan fingerprint density at radius 2 is 1.67 bits per heavy atom. The maximum atomic E-state index is 13.7. The minimum Gasteiger partial charge on any atom is -0.483 e. The van der Waals surface area contributed by atoms with Crippen molar-refractivity contribution in [2.45, 2.75) is 59.2 Å². The molecule has 0 aromatic heterocycles. The summed E-state index contributed by atoms with van der Waals surface area (Å²) in [5, 5.41) is 3.01. The molecule has 0 aliphatic carbocycles. The fraction of sp³-hybridized carbons (Fsp3) is 0.333. The number of carbonyl (C=O) groups is 2. The Kier molecular flexibility index (Phi) is 10.1. The first-order valence-corrected chi connectivity index (χ1v) is 13.2. The number of amides is 2. The first-order valence-electron chi connectivity index (χ1n) is 12.4. The SMILES string of the molecule is CCc1ccc(OCC(=O)N(Cc2cccc(C)c2)[C@@H](Cc2ccccc2)C(=O)NC(C)C)c(Br)c1. The van der Waals surface area contributed by atoms with Crippen molar-refractivity contribution in [1.82, 2.24) is 10.2 Å². The van der Waals surface area contributed by atoms with E-state index in [9.17, 15) is 9.59 Å². The molecule has 0 bridgehead atoms. The van der Waals surface area contributed by atoms with E-state index in [1.54, 1.807) is 4.90 Å². The van der Waals surface area contributed by atoms with E-state index in [1.165, 1.54) is 5.56 Å². The molecule has 3 aromatic carbocycles. The van der Waals surface area contributed by atoms with Crippen molar-refractivity contribution < 1.29 is 14.3 Å². The number of ether oxygens (including phenoxy) is 1. The number of carbonyl (C=O) groups excluding carboxylic acids is 2. The molecule has 0 spiro atoms. The lowest BCUT2D eigenvalue weighted by Crippen LogP contribution is -2.52. The number of nitrogens with one attached hydrogen (secondary N) is 1. The Morgan fingerprint density at radius 3 is 2.31 bits per heavy atom. The zero-order chi connectivity index (χ0) is 26.1. The van der Waals surface area contributed by atoms with Crippen LogP contribution in [0.25, 0.3) is 0 Å². The summed E-state index contributed by atoms with van der Waals surface area (Å²) in [4.78, 5) is 28.7. The summed E-state index contributed by atoms with van der Waals surface area (Å²) in [5.41, 5.74) is 4.23. The average Bonchev–Trinajstić information content (AvgIpc) is 2.85. The van der Waals surface area contributed by atoms with Crippen LogP contribution in [-0.2, 0) is 29.0 Å². The summed E-state index contributed by atoms with van der Waals surface area (Å²) in [5.74, 6) is 0.174. The third kappa shape index (κ3) is 7.95. The van der Waals surface area contributed by atoms with Crippen LogP contribution in [0.2, 0.25) is 0 Å². The molecule has 3 rings (SSSR count). The largest absolute Gasteiger partial charge is 0.483 e. The molecule has 0 aliphatic rings. The number of nitrogens with zero attached hydrogens (tertiary/aromatic N) is 1. The number of hydrogen-bond donors (Lipinski definition) is 1. The second-order valence-electron chi connectivity index (χ2n) is 9.29. The lowest BCUT2D eigenvalue weighted by molar-refractivity contribution is -0.143. The summed E-state index contributed by atoms with van der Waals surface area (Å²) in [7, 11) is 0. The second kappa shape index (κ2) is 13.3. The maximum absolute atomic E-state index is 13.7. The van der Waals surface area contributed by atoms with E-state index in [-0.39, 0.29) is 24.5 Å². The second-order valence-corrected chi connectivity index (χ2v) is 10.1. The number of halogens is 1. The maximum Gasteiger partial charge on any atom is 0.261 e. The molecular weight excluding hydrogens is 516 g/mol. The highest BCUT2D eigenvalue weighted by molar-refractivity contribution is 9.10. The Balaban J connectivity index is 1.91. The highest BCUT2D eigenvalue weighted by atomic mass is 79.9. The number of hydrogen-bond acceptors (Lipinski definition) is 3. The minimum absolute atomic E-state index is 0.0454. The Hall–Kier alpha value is -3.12. The van der Waals surface area contributed by atoms with Crippen molar-refractivity contribution in [2.75, 3.05) is 6.61 Å². The number of rotatable bonds is 11. The molecular formula is C30H35BrN2O3. The van der Waals surface area contributed by atoms with Crippen molar-refractivity contribution >= 4 is 27.7 Å². The minimum atomic E-state index is -0.683. The van der Waals surface area contributed by atoms with Crippen molar-refractivity contribution in [1.29, 1.82) is 0 Å². The molecule has 2 amide bonds. The number of aryl methyl sites for hydroxylation is 2. The fourth-order valence-corrected chi connectivity index (χ4v) is 4.59. The smallest absolute Gasteiger partial charge is 0.261 e. The van der Waals surface area contributed by atoms with Crippen LogP contribution in [0.15, 0.2) is 77.3 Å².